The first kappa shape index (κ1) is 14.7. The first-order chi connectivity index (χ1) is 10.7. The lowest BCUT2D eigenvalue weighted by Crippen LogP contribution is -1.89. The van der Waals surface area contributed by atoms with E-state index in [0.29, 0.717) is 0 Å². The van der Waals surface area contributed by atoms with Crippen LogP contribution in [0.2, 0.25) is 0 Å². The smallest absolute Gasteiger partial charge is 0.269 e. The Morgan fingerprint density at radius 1 is 1.14 bits per heavy atom. The van der Waals surface area contributed by atoms with Gasteiger partial charge in [0.05, 0.1) is 4.92 Å². The summed E-state index contributed by atoms with van der Waals surface area (Å²) in [6.45, 7) is 3.08. The zero-order chi connectivity index (χ0) is 15.5. The van der Waals surface area contributed by atoms with E-state index in [1.165, 1.54) is 15.8 Å². The number of nitrogens with zero attached hydrogens (tertiary/aromatic N) is 2. The number of hydrogen-bond acceptors (Lipinski definition) is 3. The molecule has 0 aliphatic carbocycles. The molecule has 0 unspecified atom stereocenters. The molecule has 0 aliphatic rings. The maximum absolute atomic E-state index is 10.7. The molecule has 0 saturated heterocycles. The molecule has 0 fully saturated rings. The number of non-ortho nitro benzene ring substituents is 1. The van der Waals surface area contributed by atoms with Crippen LogP contribution in [0, 0.1) is 10.1 Å². The van der Waals surface area contributed by atoms with E-state index in [1.807, 2.05) is 12.1 Å². The summed E-state index contributed by atoms with van der Waals surface area (Å²) in [4.78, 5) is 11.5. The van der Waals surface area contributed by atoms with E-state index in [-0.39, 0.29) is 10.6 Å². The van der Waals surface area contributed by atoms with Crippen LogP contribution in [0.15, 0.2) is 59.6 Å². The van der Waals surface area contributed by atoms with Gasteiger partial charge >= 0.3 is 0 Å². The number of rotatable bonds is 5. The van der Waals surface area contributed by atoms with Gasteiger partial charge in [-0.25, -0.2) is 0 Å². The maximum atomic E-state index is 10.7. The number of benzene rings is 2. The van der Waals surface area contributed by atoms with Crippen molar-refractivity contribution in [3.05, 3.63) is 70.4 Å². The van der Waals surface area contributed by atoms with Crippen molar-refractivity contribution >= 4 is 28.4 Å². The number of para-hydroxylation sites is 1. The molecular formula is C17H16N2O2S. The Balaban J connectivity index is 1.80. The fraction of sp³-hybridized carbons (Fsp3) is 0.176. The van der Waals surface area contributed by atoms with Crippen LogP contribution >= 0.6 is 11.8 Å². The third kappa shape index (κ3) is 2.85. The Bertz CT molecular complexity index is 809. The molecular weight excluding hydrogens is 296 g/mol. The Morgan fingerprint density at radius 3 is 2.55 bits per heavy atom. The van der Waals surface area contributed by atoms with Gasteiger partial charge in [-0.15, -0.1) is 11.8 Å². The molecule has 5 heteroatoms. The minimum Gasteiger partial charge on any atom is -0.347 e. The summed E-state index contributed by atoms with van der Waals surface area (Å²) >= 11 is 1.76. The number of aromatic nitrogens is 1. The lowest BCUT2D eigenvalue weighted by atomic mass is 10.2. The molecule has 0 amide bonds. The molecule has 1 aromatic heterocycles. The van der Waals surface area contributed by atoms with Gasteiger partial charge in [0, 0.05) is 46.4 Å². The zero-order valence-corrected chi connectivity index (χ0v) is 13.0. The minimum atomic E-state index is -0.369. The summed E-state index contributed by atoms with van der Waals surface area (Å²) in [6.07, 6.45) is 2.18. The molecule has 0 saturated carbocycles. The van der Waals surface area contributed by atoms with Crippen LogP contribution in [-0.2, 0) is 12.3 Å². The van der Waals surface area contributed by atoms with Crippen LogP contribution in [0.5, 0.6) is 0 Å². The van der Waals surface area contributed by atoms with E-state index >= 15 is 0 Å². The van der Waals surface area contributed by atoms with E-state index in [0.717, 1.165) is 17.9 Å². The monoisotopic (exact) mass is 312 g/mol. The van der Waals surface area contributed by atoms with Gasteiger partial charge in [0.25, 0.3) is 5.69 Å². The lowest BCUT2D eigenvalue weighted by Gasteiger charge is -2.01. The fourth-order valence-electron chi connectivity index (χ4n) is 2.46. The van der Waals surface area contributed by atoms with Gasteiger partial charge in [-0.2, -0.15) is 0 Å². The normalized spacial score (nSPS) is 11.0. The second-order valence-electron chi connectivity index (χ2n) is 5.01. The van der Waals surface area contributed by atoms with Crippen LogP contribution in [0.1, 0.15) is 12.5 Å². The van der Waals surface area contributed by atoms with Gasteiger partial charge in [0.2, 0.25) is 0 Å². The molecule has 0 bridgehead atoms. The summed E-state index contributed by atoms with van der Waals surface area (Å²) in [7, 11) is 0. The van der Waals surface area contributed by atoms with E-state index in [1.54, 1.807) is 23.9 Å². The topological polar surface area (TPSA) is 48.1 Å². The third-order valence-electron chi connectivity index (χ3n) is 3.63. The molecule has 2 aromatic carbocycles. The predicted octanol–water partition coefficient (Wildman–Crippen LogP) is 4.86. The largest absolute Gasteiger partial charge is 0.347 e. The SMILES string of the molecule is CCn1cc(SCc2ccc([N+](=O)[O-])cc2)c2ccccc21. The number of thioether (sulfide) groups is 1. The first-order valence-corrected chi connectivity index (χ1v) is 8.11. The highest BCUT2D eigenvalue weighted by molar-refractivity contribution is 7.98. The van der Waals surface area contributed by atoms with Crippen LogP contribution < -0.4 is 0 Å². The summed E-state index contributed by atoms with van der Waals surface area (Å²) in [5.74, 6) is 0.801. The van der Waals surface area contributed by atoms with Crippen molar-refractivity contribution in [2.75, 3.05) is 0 Å². The van der Waals surface area contributed by atoms with Crippen molar-refractivity contribution in [2.24, 2.45) is 0 Å². The summed E-state index contributed by atoms with van der Waals surface area (Å²) in [6, 6.07) is 15.1. The molecule has 22 heavy (non-hydrogen) atoms. The molecule has 0 aliphatic heterocycles. The van der Waals surface area contributed by atoms with Crippen molar-refractivity contribution < 1.29 is 4.92 Å². The van der Waals surface area contributed by atoms with Crippen molar-refractivity contribution in [1.82, 2.24) is 4.57 Å². The lowest BCUT2D eigenvalue weighted by molar-refractivity contribution is -0.384. The molecule has 3 rings (SSSR count). The Labute approximate surface area is 132 Å². The molecule has 1 heterocycles. The van der Waals surface area contributed by atoms with E-state index in [4.69, 9.17) is 0 Å². The van der Waals surface area contributed by atoms with Crippen LogP contribution in [0.3, 0.4) is 0 Å². The van der Waals surface area contributed by atoms with Crippen LogP contribution in [0.25, 0.3) is 10.9 Å². The zero-order valence-electron chi connectivity index (χ0n) is 12.2. The van der Waals surface area contributed by atoms with Gasteiger partial charge in [0.15, 0.2) is 0 Å². The molecule has 0 spiro atoms. The quantitative estimate of drug-likeness (QED) is 0.384. The Morgan fingerprint density at radius 2 is 1.86 bits per heavy atom. The highest BCUT2D eigenvalue weighted by Crippen LogP contribution is 2.32. The Hall–Kier alpha value is -2.27. The molecule has 0 radical (unpaired) electrons. The van der Waals surface area contributed by atoms with Gasteiger partial charge in [-0.3, -0.25) is 10.1 Å². The van der Waals surface area contributed by atoms with Crippen LogP contribution in [-0.4, -0.2) is 9.49 Å². The second kappa shape index (κ2) is 6.23. The predicted molar refractivity (Wildman–Crippen MR) is 90.3 cm³/mol. The summed E-state index contributed by atoms with van der Waals surface area (Å²) in [5.41, 5.74) is 2.47. The molecule has 3 aromatic rings. The number of aryl methyl sites for hydroxylation is 1. The van der Waals surface area contributed by atoms with Gasteiger partial charge in [-0.05, 0) is 18.6 Å². The highest BCUT2D eigenvalue weighted by atomic mass is 32.2. The standard InChI is InChI=1S/C17H16N2O2S/c1-2-18-11-17(15-5-3-4-6-16(15)18)22-12-13-7-9-14(10-8-13)19(20)21/h3-11H,2,12H2,1H3. The first-order valence-electron chi connectivity index (χ1n) is 7.13. The number of nitro benzene ring substituents is 1. The van der Waals surface area contributed by atoms with Crippen molar-refractivity contribution in [2.45, 2.75) is 24.1 Å². The second-order valence-corrected chi connectivity index (χ2v) is 6.03. The van der Waals surface area contributed by atoms with E-state index < -0.39 is 0 Å². The van der Waals surface area contributed by atoms with Gasteiger partial charge in [-0.1, -0.05) is 30.3 Å². The number of fused-ring (bicyclic) bond motifs is 1. The molecule has 0 N–H and O–H groups in total. The van der Waals surface area contributed by atoms with Gasteiger partial charge in [0.1, 0.15) is 0 Å². The van der Waals surface area contributed by atoms with Crippen molar-refractivity contribution in [1.29, 1.82) is 0 Å². The average molecular weight is 312 g/mol. The third-order valence-corrected chi connectivity index (χ3v) is 4.75. The molecule has 0 atom stereocenters. The Kier molecular flexibility index (Phi) is 4.15. The fourth-order valence-corrected chi connectivity index (χ4v) is 3.51. The number of hydrogen-bond donors (Lipinski definition) is 0. The van der Waals surface area contributed by atoms with Crippen molar-refractivity contribution in [3.8, 4) is 0 Å². The summed E-state index contributed by atoms with van der Waals surface area (Å²) < 4.78 is 2.24. The molecule has 112 valence electrons. The average Bonchev–Trinajstić information content (AvgIpc) is 2.91. The van der Waals surface area contributed by atoms with Crippen molar-refractivity contribution in [3.63, 3.8) is 0 Å². The van der Waals surface area contributed by atoms with Gasteiger partial charge < -0.3 is 4.57 Å². The highest BCUT2D eigenvalue weighted by Gasteiger charge is 2.09. The van der Waals surface area contributed by atoms with Crippen LogP contribution in [0.4, 0.5) is 5.69 Å². The maximum Gasteiger partial charge on any atom is 0.269 e. The van der Waals surface area contributed by atoms with E-state index in [2.05, 4.69) is 42.0 Å². The number of nitro groups is 1. The van der Waals surface area contributed by atoms with E-state index in [9.17, 15) is 10.1 Å². The minimum absolute atomic E-state index is 0.135. The summed E-state index contributed by atoms with van der Waals surface area (Å²) in [5, 5.41) is 11.9. The molecule has 4 nitrogen and oxygen atoms in total.